The quantitative estimate of drug-likeness (QED) is 0.160. The highest BCUT2D eigenvalue weighted by Gasteiger charge is 2.19. The van der Waals surface area contributed by atoms with Gasteiger partial charge < -0.3 is 9.75 Å². The van der Waals surface area contributed by atoms with Crippen LogP contribution in [-0.2, 0) is 4.74 Å². The largest absolute Gasteiger partial charge is 0.378 e. The number of hydrogen-bond acceptors (Lipinski definition) is 8. The van der Waals surface area contributed by atoms with Crippen LogP contribution >= 0.6 is 0 Å². The molecule has 37 heavy (non-hydrogen) atoms. The van der Waals surface area contributed by atoms with Crippen molar-refractivity contribution in [3.8, 4) is 0 Å². The summed E-state index contributed by atoms with van der Waals surface area (Å²) in [4.78, 5) is 9.71. The molecule has 9 nitrogen and oxygen atoms in total. The van der Waals surface area contributed by atoms with Crippen molar-refractivity contribution in [2.24, 2.45) is 15.8 Å². The van der Waals surface area contributed by atoms with Gasteiger partial charge in [-0.2, -0.15) is 0 Å². The first kappa shape index (κ1) is 28.6. The third-order valence-corrected chi connectivity index (χ3v) is 6.51. The van der Waals surface area contributed by atoms with Crippen LogP contribution in [0, 0.1) is 0 Å². The van der Waals surface area contributed by atoms with Crippen molar-refractivity contribution in [3.63, 3.8) is 0 Å². The molecule has 2 N–H and O–H groups in total. The highest BCUT2D eigenvalue weighted by molar-refractivity contribution is 5.78. The van der Waals surface area contributed by atoms with Crippen LogP contribution in [-0.4, -0.2) is 77.4 Å². The number of piperidine rings is 1. The molecule has 1 aromatic carbocycles. The Bertz CT molecular complexity index is 1070. The van der Waals surface area contributed by atoms with Crippen molar-refractivity contribution in [2.75, 3.05) is 33.4 Å². The number of likely N-dealkylation sites (tertiary alicyclic amines) is 1. The van der Waals surface area contributed by atoms with E-state index < -0.39 is 5.83 Å². The Kier molecular flexibility index (Phi) is 11.9. The normalized spacial score (nSPS) is 16.5. The molecule has 3 rings (SSSR count). The number of nitrogens with two attached hydrogens (primary N) is 1. The van der Waals surface area contributed by atoms with Gasteiger partial charge in [-0.1, -0.05) is 37.1 Å². The van der Waals surface area contributed by atoms with E-state index in [2.05, 4.69) is 38.8 Å². The second kappa shape index (κ2) is 15.3. The predicted molar refractivity (Wildman–Crippen MR) is 149 cm³/mol. The number of aliphatic imine (C=N–C) groups is 2. The number of hydrogen-bond donors (Lipinski definition) is 1. The summed E-state index contributed by atoms with van der Waals surface area (Å²) in [5.41, 5.74) is 4.11. The van der Waals surface area contributed by atoms with Crippen molar-refractivity contribution >= 4 is 29.7 Å². The Morgan fingerprint density at radius 2 is 2.03 bits per heavy atom. The fourth-order valence-electron chi connectivity index (χ4n) is 4.60. The maximum absolute atomic E-state index is 13.2. The second-order valence-electron chi connectivity index (χ2n) is 9.39. The molecule has 10 heteroatoms. The number of ether oxygens (including phenoxy) is 1. The van der Waals surface area contributed by atoms with E-state index >= 15 is 0 Å². The number of nitrogens with zero attached hydrogens (tertiary/aromatic N) is 7. The number of para-hydroxylation sites is 1. The maximum atomic E-state index is 13.2. The third-order valence-electron chi connectivity index (χ3n) is 6.51. The number of fused-ring (bicyclic) bond motifs is 1. The van der Waals surface area contributed by atoms with Crippen LogP contribution in [0.4, 0.5) is 4.39 Å². The average molecular weight is 513 g/mol. The Labute approximate surface area is 219 Å². The molecule has 0 spiro atoms. The van der Waals surface area contributed by atoms with Gasteiger partial charge in [-0.3, -0.25) is 14.9 Å². The van der Waals surface area contributed by atoms with Gasteiger partial charge in [0.05, 0.1) is 42.1 Å². The summed E-state index contributed by atoms with van der Waals surface area (Å²) in [6.45, 7) is 8.46. The molecule has 2 aromatic rings. The van der Waals surface area contributed by atoms with Crippen molar-refractivity contribution in [2.45, 2.75) is 64.4 Å². The molecular formula is C27H41FN8O. The Balaban J connectivity index is 1.41. The second-order valence-corrected chi connectivity index (χ2v) is 9.39. The Hall–Kier alpha value is -2.95. The molecule has 1 aliphatic heterocycles. The van der Waals surface area contributed by atoms with Crippen LogP contribution in [0.3, 0.4) is 0 Å². The van der Waals surface area contributed by atoms with Gasteiger partial charge in [0.25, 0.3) is 0 Å². The summed E-state index contributed by atoms with van der Waals surface area (Å²) >= 11 is 0. The number of halogens is 1. The summed E-state index contributed by atoms with van der Waals surface area (Å²) in [7, 11) is 1.90. The lowest BCUT2D eigenvalue weighted by Gasteiger charge is -2.30. The van der Waals surface area contributed by atoms with Crippen molar-refractivity contribution < 1.29 is 9.13 Å². The zero-order valence-electron chi connectivity index (χ0n) is 22.2. The van der Waals surface area contributed by atoms with Crippen LogP contribution in [0.2, 0.25) is 0 Å². The minimum absolute atomic E-state index is 0.282. The van der Waals surface area contributed by atoms with E-state index in [0.29, 0.717) is 6.67 Å². The molecule has 1 saturated heterocycles. The van der Waals surface area contributed by atoms with Gasteiger partial charge in [0, 0.05) is 26.7 Å². The molecular weight excluding hydrogens is 471 g/mol. The number of benzene rings is 1. The summed E-state index contributed by atoms with van der Waals surface area (Å²) in [5.74, 6) is 5.79. The zero-order chi connectivity index (χ0) is 26.5. The molecule has 0 amide bonds. The molecule has 1 aliphatic rings. The van der Waals surface area contributed by atoms with E-state index in [9.17, 15) is 4.39 Å². The number of unbranched alkanes of at least 4 members (excludes halogenated alkanes) is 2. The number of aromatic nitrogens is 3. The predicted octanol–water partition coefficient (Wildman–Crippen LogP) is 4.79. The smallest absolute Gasteiger partial charge is 0.159 e. The van der Waals surface area contributed by atoms with Crippen molar-refractivity contribution in [1.29, 1.82) is 0 Å². The fourth-order valence-corrected chi connectivity index (χ4v) is 4.60. The minimum Gasteiger partial charge on any atom is -0.378 e. The number of allylic oxidation sites excluding steroid dienone is 3. The third kappa shape index (κ3) is 8.84. The lowest BCUT2D eigenvalue weighted by Crippen LogP contribution is -2.37. The molecule has 0 unspecified atom stereocenters. The summed E-state index contributed by atoms with van der Waals surface area (Å²) in [6, 6.07) is 8.02. The van der Waals surface area contributed by atoms with Gasteiger partial charge in [-0.25, -0.2) is 14.9 Å². The topological polar surface area (TPSA) is 97.2 Å². The van der Waals surface area contributed by atoms with Gasteiger partial charge in [0.2, 0.25) is 0 Å². The van der Waals surface area contributed by atoms with Crippen LogP contribution in [0.15, 0.2) is 52.0 Å². The van der Waals surface area contributed by atoms with Crippen molar-refractivity contribution in [1.82, 2.24) is 24.9 Å². The molecule has 1 fully saturated rings. The van der Waals surface area contributed by atoms with E-state index in [0.717, 1.165) is 99.7 Å². The maximum Gasteiger partial charge on any atom is 0.159 e. The van der Waals surface area contributed by atoms with Crippen LogP contribution in [0.1, 0.15) is 58.3 Å². The van der Waals surface area contributed by atoms with E-state index in [1.54, 1.807) is 5.01 Å². The zero-order valence-corrected chi connectivity index (χ0v) is 22.2. The van der Waals surface area contributed by atoms with Gasteiger partial charge in [0.1, 0.15) is 5.52 Å². The summed E-state index contributed by atoms with van der Waals surface area (Å²) < 4.78 is 21.3. The van der Waals surface area contributed by atoms with E-state index in [1.165, 1.54) is 6.21 Å². The Morgan fingerprint density at radius 3 is 2.76 bits per heavy atom. The molecule has 0 saturated carbocycles. The van der Waals surface area contributed by atoms with Crippen molar-refractivity contribution in [3.05, 3.63) is 42.0 Å². The molecule has 202 valence electrons. The molecule has 1 aromatic heterocycles. The standard InChI is InChI=1S/C27H41FN8O/c1-4-10-27(36-25-12-8-7-11-24(25)32-33-36)26(34(3)29)13-6-5-9-18-37-23-14-16-35(17-15-23)21-31-20-22(28)19-30-2/h7-8,11-12,19-20,23H,2,4-6,9-10,13-18,21,29H2,1,3H3/b22-19+,27-26+,31-20-. The fraction of sp³-hybridized carbons (Fsp3) is 0.556. The van der Waals surface area contributed by atoms with E-state index in [-0.39, 0.29) is 6.10 Å². The summed E-state index contributed by atoms with van der Waals surface area (Å²) in [6.07, 6.45) is 10.4. The minimum atomic E-state index is -0.484. The highest BCUT2D eigenvalue weighted by Crippen LogP contribution is 2.25. The van der Waals surface area contributed by atoms with Gasteiger partial charge >= 0.3 is 0 Å². The molecule has 0 atom stereocenters. The van der Waals surface area contributed by atoms with Gasteiger partial charge in [0.15, 0.2) is 5.83 Å². The van der Waals surface area contributed by atoms with Gasteiger partial charge in [-0.15, -0.1) is 5.10 Å². The first-order valence-corrected chi connectivity index (χ1v) is 13.2. The molecule has 0 bridgehead atoms. The average Bonchev–Trinajstić information content (AvgIpc) is 3.32. The number of hydrazine groups is 1. The van der Waals surface area contributed by atoms with Crippen LogP contribution in [0.25, 0.3) is 16.7 Å². The lowest BCUT2D eigenvalue weighted by atomic mass is 10.1. The van der Waals surface area contributed by atoms with Gasteiger partial charge in [-0.05, 0) is 57.4 Å². The first-order chi connectivity index (χ1) is 18.0. The van der Waals surface area contributed by atoms with Crippen LogP contribution in [0.5, 0.6) is 0 Å². The van der Waals surface area contributed by atoms with E-state index in [1.807, 2.05) is 36.0 Å². The molecule has 0 aliphatic carbocycles. The number of rotatable bonds is 15. The highest BCUT2D eigenvalue weighted by atomic mass is 19.1. The van der Waals surface area contributed by atoms with E-state index in [4.69, 9.17) is 10.6 Å². The first-order valence-electron chi connectivity index (χ1n) is 13.2. The SMILES string of the molecule is C=N/C=C(F)\C=N/CN1CCC(OCCCCC/C(=C(/CCC)n2nnc3ccccc32)N(C)N)CC1. The Morgan fingerprint density at radius 1 is 1.24 bits per heavy atom. The monoisotopic (exact) mass is 512 g/mol. The summed E-state index contributed by atoms with van der Waals surface area (Å²) in [5, 5.41) is 10.5. The lowest BCUT2D eigenvalue weighted by molar-refractivity contribution is 0.00655. The molecule has 2 heterocycles. The van der Waals surface area contributed by atoms with Crippen LogP contribution < -0.4 is 5.84 Å². The molecule has 0 radical (unpaired) electrons.